The second-order valence-electron chi connectivity index (χ2n) is 6.59. The summed E-state index contributed by atoms with van der Waals surface area (Å²) in [6.07, 6.45) is -1.73. The molecule has 0 aliphatic carbocycles. The molecule has 7 nitrogen and oxygen atoms in total. The van der Waals surface area contributed by atoms with Crippen molar-refractivity contribution in [3.8, 4) is 22.6 Å². The summed E-state index contributed by atoms with van der Waals surface area (Å²) in [6.45, 7) is 0.260. The quantitative estimate of drug-likeness (QED) is 0.603. The van der Waals surface area contributed by atoms with Crippen LogP contribution in [0.5, 0.6) is 11.5 Å². The van der Waals surface area contributed by atoms with Crippen LogP contribution < -0.4 is 9.47 Å². The van der Waals surface area contributed by atoms with Crippen LogP contribution in [0.4, 0.5) is 13.2 Å². The number of fused-ring (bicyclic) bond motifs is 1. The van der Waals surface area contributed by atoms with E-state index in [0.717, 1.165) is 0 Å². The molecular formula is C20H16F3N3O4S. The number of alkyl halides is 3. The molecule has 0 unspecified atom stereocenters. The van der Waals surface area contributed by atoms with Crippen LogP contribution in [0.25, 0.3) is 11.1 Å². The number of hydrogen-bond acceptors (Lipinski definition) is 6. The zero-order valence-corrected chi connectivity index (χ0v) is 16.7. The highest BCUT2D eigenvalue weighted by Crippen LogP contribution is 2.35. The van der Waals surface area contributed by atoms with Crippen molar-refractivity contribution in [3.63, 3.8) is 0 Å². The van der Waals surface area contributed by atoms with Crippen molar-refractivity contribution in [2.75, 3.05) is 13.2 Å². The largest absolute Gasteiger partial charge is 0.573 e. The topological polar surface area (TPSA) is 81.6 Å². The molecule has 0 saturated carbocycles. The lowest BCUT2D eigenvalue weighted by Crippen LogP contribution is -2.32. The summed E-state index contributed by atoms with van der Waals surface area (Å²) in [6, 6.07) is 11.4. The highest BCUT2D eigenvalue weighted by Gasteiger charge is 2.32. The van der Waals surface area contributed by atoms with E-state index in [2.05, 4.69) is 14.7 Å². The van der Waals surface area contributed by atoms with Crippen molar-refractivity contribution in [3.05, 3.63) is 66.7 Å². The van der Waals surface area contributed by atoms with E-state index in [0.29, 0.717) is 17.0 Å². The number of rotatable bonds is 4. The number of hydrogen-bond donors (Lipinski definition) is 0. The third kappa shape index (κ3) is 4.78. The first-order chi connectivity index (χ1) is 14.7. The first kappa shape index (κ1) is 21.1. The highest BCUT2D eigenvalue weighted by molar-refractivity contribution is 7.89. The molecule has 2 aromatic carbocycles. The van der Waals surface area contributed by atoms with Crippen molar-refractivity contribution < 1.29 is 31.1 Å². The normalized spacial score (nSPS) is 16.1. The summed E-state index contributed by atoms with van der Waals surface area (Å²) in [5.41, 5.74) is 1.03. The Hall–Kier alpha value is -3.18. The fraction of sp³-hybridized carbons (Fsp3) is 0.200. The van der Waals surface area contributed by atoms with Crippen LogP contribution in [0, 0.1) is 0 Å². The molecule has 1 aliphatic heterocycles. The van der Waals surface area contributed by atoms with Gasteiger partial charge in [-0.2, -0.15) is 4.31 Å². The van der Waals surface area contributed by atoms with E-state index in [4.69, 9.17) is 4.74 Å². The summed E-state index contributed by atoms with van der Waals surface area (Å²) in [5.74, 6) is 0.194. The molecule has 0 fully saturated rings. The van der Waals surface area contributed by atoms with Gasteiger partial charge in [-0.05, 0) is 41.5 Å². The maximum Gasteiger partial charge on any atom is 0.573 e. The molecule has 4 rings (SSSR count). The van der Waals surface area contributed by atoms with Gasteiger partial charge in [-0.1, -0.05) is 18.2 Å². The molecule has 3 aromatic rings. The van der Waals surface area contributed by atoms with Gasteiger partial charge < -0.3 is 9.47 Å². The average molecular weight is 451 g/mol. The predicted octanol–water partition coefficient (Wildman–Crippen LogP) is 3.63. The van der Waals surface area contributed by atoms with Gasteiger partial charge >= 0.3 is 6.36 Å². The lowest BCUT2D eigenvalue weighted by atomic mass is 10.1. The van der Waals surface area contributed by atoms with E-state index in [1.54, 1.807) is 12.1 Å². The van der Waals surface area contributed by atoms with Crippen LogP contribution >= 0.6 is 0 Å². The van der Waals surface area contributed by atoms with Gasteiger partial charge in [0.1, 0.15) is 28.8 Å². The second kappa shape index (κ2) is 8.16. The van der Waals surface area contributed by atoms with Crippen LogP contribution in [-0.4, -0.2) is 42.2 Å². The fourth-order valence-electron chi connectivity index (χ4n) is 3.11. The Morgan fingerprint density at radius 1 is 1.03 bits per heavy atom. The number of aromatic nitrogens is 2. The molecular weight excluding hydrogens is 435 g/mol. The molecule has 0 spiro atoms. The van der Waals surface area contributed by atoms with Crippen molar-refractivity contribution in [1.82, 2.24) is 14.3 Å². The maximum absolute atomic E-state index is 13.3. The molecule has 2 heterocycles. The van der Waals surface area contributed by atoms with Crippen LogP contribution in [0.1, 0.15) is 5.82 Å². The Kier molecular flexibility index (Phi) is 5.54. The third-order valence-electron chi connectivity index (χ3n) is 4.52. The summed E-state index contributed by atoms with van der Waals surface area (Å²) in [4.78, 5) is 8.11. The Bertz CT molecular complexity index is 1170. The van der Waals surface area contributed by atoms with Gasteiger partial charge in [-0.15, -0.1) is 13.2 Å². The molecule has 0 bridgehead atoms. The molecule has 162 valence electrons. The smallest absolute Gasteiger partial charge is 0.491 e. The summed E-state index contributed by atoms with van der Waals surface area (Å²) < 4.78 is 74.3. The SMILES string of the molecule is O=S1(=O)c2cc(-c3ccc(OC(F)(F)F)cc3)ccc2OCCN1Cc1ncccn1. The Morgan fingerprint density at radius 2 is 1.71 bits per heavy atom. The second-order valence-corrected chi connectivity index (χ2v) is 8.49. The van der Waals surface area contributed by atoms with Crippen molar-refractivity contribution >= 4 is 10.0 Å². The van der Waals surface area contributed by atoms with Crippen LogP contribution in [-0.2, 0) is 16.6 Å². The van der Waals surface area contributed by atoms with E-state index in [1.165, 1.54) is 53.1 Å². The van der Waals surface area contributed by atoms with E-state index >= 15 is 0 Å². The molecule has 1 aromatic heterocycles. The van der Waals surface area contributed by atoms with Gasteiger partial charge in [0.2, 0.25) is 10.0 Å². The lowest BCUT2D eigenvalue weighted by Gasteiger charge is -2.18. The highest BCUT2D eigenvalue weighted by atomic mass is 32.2. The van der Waals surface area contributed by atoms with Gasteiger partial charge in [0.05, 0.1) is 6.54 Å². The summed E-state index contributed by atoms with van der Waals surface area (Å²) in [5, 5.41) is 0. The number of halogens is 3. The predicted molar refractivity (Wildman–Crippen MR) is 104 cm³/mol. The molecule has 0 saturated heterocycles. The van der Waals surface area contributed by atoms with Gasteiger partial charge in [-0.3, -0.25) is 0 Å². The minimum absolute atomic E-state index is 0.0142. The molecule has 11 heteroatoms. The molecule has 0 atom stereocenters. The lowest BCUT2D eigenvalue weighted by molar-refractivity contribution is -0.274. The van der Waals surface area contributed by atoms with E-state index < -0.39 is 16.4 Å². The Morgan fingerprint density at radius 3 is 2.39 bits per heavy atom. The maximum atomic E-state index is 13.3. The standard InChI is InChI=1S/C20H16F3N3O4S/c21-20(22,23)30-16-5-2-14(3-6-16)15-4-7-17-18(12-15)31(27,28)26(10-11-29-17)13-19-24-8-1-9-25-19/h1-9,12H,10-11,13H2. The van der Waals surface area contributed by atoms with Crippen LogP contribution in [0.2, 0.25) is 0 Å². The van der Waals surface area contributed by atoms with Crippen molar-refractivity contribution in [2.24, 2.45) is 0 Å². The van der Waals surface area contributed by atoms with Crippen LogP contribution in [0.3, 0.4) is 0 Å². The molecule has 0 amide bonds. The van der Waals surface area contributed by atoms with E-state index in [9.17, 15) is 21.6 Å². The number of benzene rings is 2. The molecule has 31 heavy (non-hydrogen) atoms. The number of nitrogens with zero attached hydrogens (tertiary/aromatic N) is 3. The summed E-state index contributed by atoms with van der Waals surface area (Å²) >= 11 is 0. The fourth-order valence-corrected chi connectivity index (χ4v) is 4.64. The first-order valence-corrected chi connectivity index (χ1v) is 10.6. The number of sulfonamides is 1. The Labute approximate surface area is 176 Å². The first-order valence-electron chi connectivity index (χ1n) is 9.11. The van der Waals surface area contributed by atoms with E-state index in [-0.39, 0.29) is 36.1 Å². The minimum atomic E-state index is -4.79. The molecule has 0 radical (unpaired) electrons. The van der Waals surface area contributed by atoms with Gasteiger partial charge in [-0.25, -0.2) is 18.4 Å². The van der Waals surface area contributed by atoms with Gasteiger partial charge in [0.25, 0.3) is 0 Å². The third-order valence-corrected chi connectivity index (χ3v) is 6.38. The zero-order valence-electron chi connectivity index (χ0n) is 15.9. The molecule has 1 aliphatic rings. The van der Waals surface area contributed by atoms with Crippen molar-refractivity contribution in [1.29, 1.82) is 0 Å². The Balaban J connectivity index is 1.65. The molecule has 0 N–H and O–H groups in total. The van der Waals surface area contributed by atoms with E-state index in [1.807, 2.05) is 0 Å². The average Bonchev–Trinajstić information content (AvgIpc) is 2.84. The summed E-state index contributed by atoms with van der Waals surface area (Å²) in [7, 11) is -3.93. The zero-order chi connectivity index (χ0) is 22.1. The minimum Gasteiger partial charge on any atom is -0.491 e. The van der Waals surface area contributed by atoms with Crippen molar-refractivity contribution in [2.45, 2.75) is 17.8 Å². The van der Waals surface area contributed by atoms with Crippen LogP contribution in [0.15, 0.2) is 65.8 Å². The van der Waals surface area contributed by atoms with Gasteiger partial charge in [0, 0.05) is 18.9 Å². The monoisotopic (exact) mass is 451 g/mol. The van der Waals surface area contributed by atoms with Gasteiger partial charge in [0.15, 0.2) is 0 Å². The number of ether oxygens (including phenoxy) is 2.